The molecule has 33 heavy (non-hydrogen) atoms. The number of hydrogen-bond donors (Lipinski definition) is 3. The van der Waals surface area contributed by atoms with E-state index >= 15 is 0 Å². The van der Waals surface area contributed by atoms with Crippen LogP contribution in [0.5, 0.6) is 0 Å². The number of rotatable bonds is 7. The molecular weight excluding hydrogens is 473 g/mol. The summed E-state index contributed by atoms with van der Waals surface area (Å²) in [5.41, 5.74) is 1.40. The Morgan fingerprint density at radius 2 is 1.61 bits per heavy atom. The van der Waals surface area contributed by atoms with Crippen LogP contribution in [0.25, 0.3) is 0 Å². The molecule has 0 aliphatic carbocycles. The SMILES string of the molecule is COC(=O)Nc1ccc(CNC(=O)c2cc(S(=O)(=O)Nc3ccc(F)cc3)ccc2Cl)cc1. The Bertz CT molecular complexity index is 1270. The minimum absolute atomic E-state index is 0.0253. The number of anilines is 2. The molecule has 0 saturated heterocycles. The van der Waals surface area contributed by atoms with Gasteiger partial charge in [-0.3, -0.25) is 14.8 Å². The molecular formula is C22H19ClFN3O5S. The molecule has 3 rings (SSSR count). The minimum atomic E-state index is -4.04. The second-order valence-corrected chi connectivity index (χ2v) is 8.84. The van der Waals surface area contributed by atoms with E-state index < -0.39 is 27.8 Å². The third-order valence-corrected chi connectivity index (χ3v) is 6.14. The summed E-state index contributed by atoms with van der Waals surface area (Å²) in [6.07, 6.45) is -0.602. The van der Waals surface area contributed by atoms with Gasteiger partial charge in [0.25, 0.3) is 15.9 Å². The Morgan fingerprint density at radius 3 is 2.24 bits per heavy atom. The highest BCUT2D eigenvalue weighted by Crippen LogP contribution is 2.23. The summed E-state index contributed by atoms with van der Waals surface area (Å²) < 4.78 is 45.2. The summed E-state index contributed by atoms with van der Waals surface area (Å²) >= 11 is 6.11. The van der Waals surface area contributed by atoms with E-state index in [4.69, 9.17) is 11.6 Å². The molecule has 0 aliphatic heterocycles. The lowest BCUT2D eigenvalue weighted by Gasteiger charge is -2.11. The first-order chi connectivity index (χ1) is 15.7. The van der Waals surface area contributed by atoms with Gasteiger partial charge in [0.05, 0.1) is 22.6 Å². The number of sulfonamides is 1. The maximum atomic E-state index is 13.1. The molecule has 3 aromatic carbocycles. The summed E-state index contributed by atoms with van der Waals surface area (Å²) in [5, 5.41) is 5.25. The van der Waals surface area contributed by atoms with Crippen molar-refractivity contribution in [2.24, 2.45) is 0 Å². The number of halogens is 2. The van der Waals surface area contributed by atoms with Crippen molar-refractivity contribution >= 4 is 45.0 Å². The zero-order valence-electron chi connectivity index (χ0n) is 17.3. The van der Waals surface area contributed by atoms with Crippen molar-refractivity contribution in [1.82, 2.24) is 5.32 Å². The number of carbonyl (C=O) groups is 2. The first-order valence-electron chi connectivity index (χ1n) is 9.48. The molecule has 172 valence electrons. The number of ether oxygens (including phenoxy) is 1. The van der Waals surface area contributed by atoms with Gasteiger partial charge < -0.3 is 10.1 Å². The standard InChI is InChI=1S/C22H19ClFN3O5S/c1-32-22(29)26-16-6-2-14(3-7-16)13-25-21(28)19-12-18(10-11-20(19)23)33(30,31)27-17-8-4-15(24)5-9-17/h2-12,27H,13H2,1H3,(H,25,28)(H,26,29). The van der Waals surface area contributed by atoms with Gasteiger partial charge in [0, 0.05) is 17.9 Å². The van der Waals surface area contributed by atoms with Crippen molar-refractivity contribution in [2.75, 3.05) is 17.1 Å². The Hall–Kier alpha value is -3.63. The minimum Gasteiger partial charge on any atom is -0.453 e. The molecule has 8 nitrogen and oxygen atoms in total. The van der Waals surface area contributed by atoms with Crippen LogP contribution in [0, 0.1) is 5.82 Å². The Morgan fingerprint density at radius 1 is 0.970 bits per heavy atom. The maximum absolute atomic E-state index is 13.1. The van der Waals surface area contributed by atoms with Gasteiger partial charge in [-0.1, -0.05) is 23.7 Å². The number of carbonyl (C=O) groups excluding carboxylic acids is 2. The van der Waals surface area contributed by atoms with Crippen LogP contribution in [-0.4, -0.2) is 27.5 Å². The van der Waals surface area contributed by atoms with Crippen LogP contribution in [-0.2, 0) is 21.3 Å². The molecule has 0 spiro atoms. The van der Waals surface area contributed by atoms with E-state index in [1.54, 1.807) is 24.3 Å². The molecule has 3 aromatic rings. The van der Waals surface area contributed by atoms with Gasteiger partial charge in [0.1, 0.15) is 5.82 Å². The fourth-order valence-corrected chi connectivity index (χ4v) is 4.02. The smallest absolute Gasteiger partial charge is 0.411 e. The predicted molar refractivity (Wildman–Crippen MR) is 122 cm³/mol. The van der Waals surface area contributed by atoms with E-state index in [9.17, 15) is 22.4 Å². The highest BCUT2D eigenvalue weighted by Gasteiger charge is 2.19. The second kappa shape index (κ2) is 10.3. The molecule has 2 amide bonds. The van der Waals surface area contributed by atoms with Crippen LogP contribution >= 0.6 is 11.6 Å². The first-order valence-corrected chi connectivity index (χ1v) is 11.3. The van der Waals surface area contributed by atoms with Gasteiger partial charge in [-0.15, -0.1) is 0 Å². The lowest BCUT2D eigenvalue weighted by atomic mass is 10.2. The first kappa shape index (κ1) is 24.0. The van der Waals surface area contributed by atoms with E-state index in [0.717, 1.165) is 23.8 Å². The molecule has 0 bridgehead atoms. The van der Waals surface area contributed by atoms with Gasteiger partial charge in [0.2, 0.25) is 0 Å². The van der Waals surface area contributed by atoms with E-state index in [0.29, 0.717) is 5.69 Å². The molecule has 0 atom stereocenters. The lowest BCUT2D eigenvalue weighted by Crippen LogP contribution is -2.24. The Labute approximate surface area is 194 Å². The summed E-state index contributed by atoms with van der Waals surface area (Å²) in [4.78, 5) is 23.7. The number of hydrogen-bond acceptors (Lipinski definition) is 5. The Kier molecular flexibility index (Phi) is 7.52. The molecule has 3 N–H and O–H groups in total. The summed E-state index contributed by atoms with van der Waals surface area (Å²) in [6, 6.07) is 15.2. The van der Waals surface area contributed by atoms with Crippen molar-refractivity contribution in [3.05, 3.63) is 88.7 Å². The summed E-state index contributed by atoms with van der Waals surface area (Å²) in [7, 11) is -2.79. The number of methoxy groups -OCH3 is 1. The third-order valence-electron chi connectivity index (χ3n) is 4.43. The predicted octanol–water partition coefficient (Wildman–Crippen LogP) is 4.39. The Balaban J connectivity index is 1.70. The second-order valence-electron chi connectivity index (χ2n) is 6.75. The van der Waals surface area contributed by atoms with Crippen LogP contribution in [0.1, 0.15) is 15.9 Å². The van der Waals surface area contributed by atoms with Crippen LogP contribution in [0.4, 0.5) is 20.6 Å². The average molecular weight is 492 g/mol. The van der Waals surface area contributed by atoms with Crippen molar-refractivity contribution in [1.29, 1.82) is 0 Å². The molecule has 0 aliphatic rings. The van der Waals surface area contributed by atoms with E-state index in [-0.39, 0.29) is 27.7 Å². The largest absolute Gasteiger partial charge is 0.453 e. The van der Waals surface area contributed by atoms with Gasteiger partial charge in [0.15, 0.2) is 0 Å². The van der Waals surface area contributed by atoms with Crippen LogP contribution < -0.4 is 15.4 Å². The van der Waals surface area contributed by atoms with Gasteiger partial charge in [-0.2, -0.15) is 0 Å². The van der Waals surface area contributed by atoms with Gasteiger partial charge in [-0.05, 0) is 60.2 Å². The zero-order valence-corrected chi connectivity index (χ0v) is 18.8. The molecule has 11 heteroatoms. The number of nitrogens with one attached hydrogen (secondary N) is 3. The van der Waals surface area contributed by atoms with E-state index in [1.165, 1.54) is 31.4 Å². The van der Waals surface area contributed by atoms with Crippen molar-refractivity contribution in [2.45, 2.75) is 11.4 Å². The van der Waals surface area contributed by atoms with Crippen LogP contribution in [0.3, 0.4) is 0 Å². The summed E-state index contributed by atoms with van der Waals surface area (Å²) in [5.74, 6) is -1.08. The number of benzene rings is 3. The molecule has 0 unspecified atom stereocenters. The molecule has 0 aromatic heterocycles. The average Bonchev–Trinajstić information content (AvgIpc) is 2.80. The van der Waals surface area contributed by atoms with Gasteiger partial charge in [-0.25, -0.2) is 17.6 Å². The molecule has 0 radical (unpaired) electrons. The molecule has 0 fully saturated rings. The van der Waals surface area contributed by atoms with Crippen molar-refractivity contribution < 1.29 is 27.1 Å². The highest BCUT2D eigenvalue weighted by molar-refractivity contribution is 7.92. The normalized spacial score (nSPS) is 10.9. The topological polar surface area (TPSA) is 114 Å². The third kappa shape index (κ3) is 6.43. The van der Waals surface area contributed by atoms with E-state index in [1.807, 2.05) is 0 Å². The quantitative estimate of drug-likeness (QED) is 0.453. The van der Waals surface area contributed by atoms with Crippen molar-refractivity contribution in [3.8, 4) is 0 Å². The van der Waals surface area contributed by atoms with Gasteiger partial charge >= 0.3 is 6.09 Å². The monoisotopic (exact) mass is 491 g/mol. The fourth-order valence-electron chi connectivity index (χ4n) is 2.73. The zero-order chi connectivity index (χ0) is 24.0. The van der Waals surface area contributed by atoms with Crippen LogP contribution in [0.2, 0.25) is 5.02 Å². The molecule has 0 heterocycles. The number of amides is 2. The fraction of sp³-hybridized carbons (Fsp3) is 0.0909. The van der Waals surface area contributed by atoms with E-state index in [2.05, 4.69) is 20.1 Å². The molecule has 0 saturated carbocycles. The highest BCUT2D eigenvalue weighted by atomic mass is 35.5. The maximum Gasteiger partial charge on any atom is 0.411 e. The van der Waals surface area contributed by atoms with Crippen molar-refractivity contribution in [3.63, 3.8) is 0 Å². The van der Waals surface area contributed by atoms with Crippen LogP contribution in [0.15, 0.2) is 71.6 Å². The lowest BCUT2D eigenvalue weighted by molar-refractivity contribution is 0.0950. The summed E-state index contributed by atoms with van der Waals surface area (Å²) in [6.45, 7) is 0.137.